The summed E-state index contributed by atoms with van der Waals surface area (Å²) in [5, 5.41) is 3.65. The van der Waals surface area contributed by atoms with Crippen LogP contribution in [0.2, 0.25) is 0 Å². The van der Waals surface area contributed by atoms with Crippen LogP contribution in [0.3, 0.4) is 0 Å². The van der Waals surface area contributed by atoms with Gasteiger partial charge >= 0.3 is 5.69 Å². The lowest BCUT2D eigenvalue weighted by Crippen LogP contribution is -2.13. The summed E-state index contributed by atoms with van der Waals surface area (Å²) in [4.78, 5) is 16.0. The van der Waals surface area contributed by atoms with Gasteiger partial charge < -0.3 is 0 Å². The molecular formula is C12H9N3OS. The summed E-state index contributed by atoms with van der Waals surface area (Å²) in [7, 11) is 0. The van der Waals surface area contributed by atoms with Gasteiger partial charge in [0, 0.05) is 4.90 Å². The third-order valence-corrected chi connectivity index (χ3v) is 3.40. The maximum Gasteiger partial charge on any atom is 0.360 e. The Morgan fingerprint density at radius 1 is 1.12 bits per heavy atom. The molecule has 0 saturated carbocycles. The van der Waals surface area contributed by atoms with Crippen molar-refractivity contribution in [2.45, 2.75) is 9.92 Å². The first-order valence-corrected chi connectivity index (χ1v) is 5.94. The van der Waals surface area contributed by atoms with Crippen LogP contribution in [0, 0.1) is 0 Å². The van der Waals surface area contributed by atoms with Gasteiger partial charge in [-0.3, -0.25) is 0 Å². The van der Waals surface area contributed by atoms with Crippen LogP contribution in [0.25, 0.3) is 5.52 Å². The Balaban J connectivity index is 2.06. The molecule has 3 aromatic rings. The van der Waals surface area contributed by atoms with Gasteiger partial charge in [0.05, 0.1) is 11.7 Å². The monoisotopic (exact) mass is 243 g/mol. The van der Waals surface area contributed by atoms with Crippen LogP contribution in [0.15, 0.2) is 63.4 Å². The van der Waals surface area contributed by atoms with Crippen molar-refractivity contribution in [1.82, 2.24) is 14.6 Å². The lowest BCUT2D eigenvalue weighted by molar-refractivity contribution is 0.799. The van der Waals surface area contributed by atoms with Crippen molar-refractivity contribution in [3.63, 3.8) is 0 Å². The van der Waals surface area contributed by atoms with E-state index in [4.69, 9.17) is 0 Å². The Labute approximate surface area is 101 Å². The van der Waals surface area contributed by atoms with Crippen molar-refractivity contribution < 1.29 is 0 Å². The van der Waals surface area contributed by atoms with Crippen LogP contribution in [0.4, 0.5) is 0 Å². The maximum atomic E-state index is 11.2. The minimum Gasteiger partial charge on any atom is -0.244 e. The standard InChI is InChI=1S/C12H9N3OS/c16-12-13-8-9-6-7-11(15(9)14-12)17-10-4-2-1-3-5-10/h1-8H,(H,14,16). The van der Waals surface area contributed by atoms with E-state index in [1.165, 1.54) is 0 Å². The summed E-state index contributed by atoms with van der Waals surface area (Å²) in [6, 6.07) is 13.9. The normalized spacial score (nSPS) is 10.8. The number of hydrogen-bond acceptors (Lipinski definition) is 3. The van der Waals surface area contributed by atoms with Crippen LogP contribution >= 0.6 is 11.8 Å². The molecule has 0 aliphatic rings. The van der Waals surface area contributed by atoms with Crippen LogP contribution in [-0.4, -0.2) is 14.6 Å². The van der Waals surface area contributed by atoms with Gasteiger partial charge in [-0.05, 0) is 24.3 Å². The number of aromatic nitrogens is 3. The second-order valence-electron chi connectivity index (χ2n) is 3.52. The molecule has 2 heterocycles. The molecule has 84 valence electrons. The second-order valence-corrected chi connectivity index (χ2v) is 4.62. The molecule has 0 aliphatic carbocycles. The highest BCUT2D eigenvalue weighted by molar-refractivity contribution is 7.99. The van der Waals surface area contributed by atoms with E-state index >= 15 is 0 Å². The molecule has 2 aromatic heterocycles. The average Bonchev–Trinajstić information content (AvgIpc) is 2.73. The van der Waals surface area contributed by atoms with Crippen molar-refractivity contribution >= 4 is 17.3 Å². The molecule has 0 aliphatic heterocycles. The molecule has 1 N–H and O–H groups in total. The van der Waals surface area contributed by atoms with E-state index in [1.54, 1.807) is 22.5 Å². The largest absolute Gasteiger partial charge is 0.360 e. The number of benzene rings is 1. The molecule has 0 unspecified atom stereocenters. The molecule has 4 nitrogen and oxygen atoms in total. The third-order valence-electron chi connectivity index (χ3n) is 2.36. The predicted molar refractivity (Wildman–Crippen MR) is 66.4 cm³/mol. The fourth-order valence-corrected chi connectivity index (χ4v) is 2.50. The smallest absolute Gasteiger partial charge is 0.244 e. The first kappa shape index (κ1) is 10.2. The van der Waals surface area contributed by atoms with E-state index in [9.17, 15) is 4.79 Å². The van der Waals surface area contributed by atoms with Gasteiger partial charge in [0.2, 0.25) is 0 Å². The van der Waals surface area contributed by atoms with Crippen molar-refractivity contribution in [2.75, 3.05) is 0 Å². The van der Waals surface area contributed by atoms with E-state index in [2.05, 4.69) is 10.1 Å². The van der Waals surface area contributed by atoms with Gasteiger partial charge in [-0.15, -0.1) is 0 Å². The Hall–Kier alpha value is -2.01. The van der Waals surface area contributed by atoms with Gasteiger partial charge in [0.1, 0.15) is 5.03 Å². The summed E-state index contributed by atoms with van der Waals surface area (Å²) in [6.45, 7) is 0. The molecule has 17 heavy (non-hydrogen) atoms. The topological polar surface area (TPSA) is 50.2 Å². The van der Waals surface area contributed by atoms with Crippen LogP contribution in [0.5, 0.6) is 0 Å². The lowest BCUT2D eigenvalue weighted by Gasteiger charge is -2.01. The van der Waals surface area contributed by atoms with Crippen LogP contribution < -0.4 is 5.69 Å². The molecule has 0 fully saturated rings. The van der Waals surface area contributed by atoms with E-state index in [1.807, 2.05) is 42.5 Å². The summed E-state index contributed by atoms with van der Waals surface area (Å²) >= 11 is 1.60. The minimum atomic E-state index is -0.344. The van der Waals surface area contributed by atoms with Gasteiger partial charge in [0.15, 0.2) is 0 Å². The molecule has 5 heteroatoms. The average molecular weight is 243 g/mol. The zero-order chi connectivity index (χ0) is 11.7. The van der Waals surface area contributed by atoms with Gasteiger partial charge in [0.25, 0.3) is 0 Å². The molecule has 0 radical (unpaired) electrons. The van der Waals surface area contributed by atoms with Crippen molar-refractivity contribution in [1.29, 1.82) is 0 Å². The number of hydrogen-bond donors (Lipinski definition) is 1. The number of nitrogens with zero attached hydrogens (tertiary/aromatic N) is 2. The number of H-pyrrole nitrogens is 1. The molecule has 0 saturated heterocycles. The predicted octanol–water partition coefficient (Wildman–Crippen LogP) is 2.17. The van der Waals surface area contributed by atoms with E-state index in [-0.39, 0.29) is 5.69 Å². The van der Waals surface area contributed by atoms with Gasteiger partial charge in [-0.2, -0.15) is 4.98 Å². The quantitative estimate of drug-likeness (QED) is 0.750. The summed E-state index contributed by atoms with van der Waals surface area (Å²) in [5.41, 5.74) is 0.534. The van der Waals surface area contributed by atoms with Crippen LogP contribution in [0.1, 0.15) is 0 Å². The number of nitrogens with one attached hydrogen (secondary N) is 1. The van der Waals surface area contributed by atoms with Crippen molar-refractivity contribution in [3.8, 4) is 0 Å². The van der Waals surface area contributed by atoms with Crippen molar-refractivity contribution in [2.24, 2.45) is 0 Å². The van der Waals surface area contributed by atoms with E-state index in [0.29, 0.717) is 0 Å². The first-order chi connectivity index (χ1) is 8.33. The summed E-state index contributed by atoms with van der Waals surface area (Å²) in [5.74, 6) is 0. The third kappa shape index (κ3) is 1.97. The Morgan fingerprint density at radius 3 is 2.76 bits per heavy atom. The zero-order valence-electron chi connectivity index (χ0n) is 8.83. The molecule has 0 spiro atoms. The summed E-state index contributed by atoms with van der Waals surface area (Å²) < 4.78 is 1.74. The lowest BCUT2D eigenvalue weighted by atomic mass is 10.4. The van der Waals surface area contributed by atoms with Crippen LogP contribution in [-0.2, 0) is 0 Å². The minimum absolute atomic E-state index is 0.344. The highest BCUT2D eigenvalue weighted by atomic mass is 32.2. The molecule has 3 rings (SSSR count). The number of aromatic amines is 1. The maximum absolute atomic E-state index is 11.2. The number of rotatable bonds is 2. The molecular weight excluding hydrogens is 234 g/mol. The second kappa shape index (κ2) is 4.10. The van der Waals surface area contributed by atoms with Gasteiger partial charge in [-0.25, -0.2) is 14.4 Å². The highest BCUT2D eigenvalue weighted by Crippen LogP contribution is 2.27. The Kier molecular flexibility index (Phi) is 2.45. The van der Waals surface area contributed by atoms with E-state index in [0.717, 1.165) is 15.4 Å². The highest BCUT2D eigenvalue weighted by Gasteiger charge is 2.04. The van der Waals surface area contributed by atoms with E-state index < -0.39 is 0 Å². The molecule has 0 atom stereocenters. The first-order valence-electron chi connectivity index (χ1n) is 5.13. The molecule has 0 bridgehead atoms. The fraction of sp³-hybridized carbons (Fsp3) is 0. The Bertz CT molecular complexity index is 702. The fourth-order valence-electron chi connectivity index (χ4n) is 1.59. The Morgan fingerprint density at radius 2 is 1.94 bits per heavy atom. The van der Waals surface area contributed by atoms with Gasteiger partial charge in [-0.1, -0.05) is 30.0 Å². The SMILES string of the molecule is O=c1ncc2ccc(Sc3ccccc3)n2[nH]1. The molecule has 0 amide bonds. The molecule has 1 aromatic carbocycles. The number of fused-ring (bicyclic) bond motifs is 1. The summed E-state index contributed by atoms with van der Waals surface area (Å²) in [6.07, 6.45) is 1.56. The zero-order valence-corrected chi connectivity index (χ0v) is 9.65. The van der Waals surface area contributed by atoms with Crippen molar-refractivity contribution in [3.05, 3.63) is 59.1 Å².